The molecule has 2 aromatic carbocycles. The van der Waals surface area contributed by atoms with Gasteiger partial charge in [0.1, 0.15) is 11.6 Å². The summed E-state index contributed by atoms with van der Waals surface area (Å²) in [5.41, 5.74) is 10.3. The highest BCUT2D eigenvalue weighted by Crippen LogP contribution is 2.28. The number of H-pyrrole nitrogens is 1. The van der Waals surface area contributed by atoms with E-state index in [1.807, 2.05) is 25.1 Å². The van der Waals surface area contributed by atoms with Gasteiger partial charge in [0.2, 0.25) is 0 Å². The number of nitrogens with one attached hydrogen (secondary N) is 1. The Hall–Kier alpha value is -2.49. The molecule has 0 spiro atoms. The van der Waals surface area contributed by atoms with Gasteiger partial charge < -0.3 is 15.8 Å². The van der Waals surface area contributed by atoms with E-state index in [1.54, 1.807) is 18.2 Å². The topological polar surface area (TPSA) is 74.9 Å². The van der Waals surface area contributed by atoms with Crippen LogP contribution in [0.2, 0.25) is 0 Å². The second-order valence-electron chi connectivity index (χ2n) is 4.32. The maximum Gasteiger partial charge on any atom is 0.140 e. The Morgan fingerprint density at radius 3 is 2.89 bits per heavy atom. The number of nitrogens with zero attached hydrogens (tertiary/aromatic N) is 1. The molecule has 18 heavy (non-hydrogen) atoms. The van der Waals surface area contributed by atoms with Crippen LogP contribution in [-0.2, 0) is 0 Å². The molecule has 1 heterocycles. The van der Waals surface area contributed by atoms with Crippen LogP contribution in [-0.4, -0.2) is 15.1 Å². The summed E-state index contributed by atoms with van der Waals surface area (Å²) in [4.78, 5) is 7.65. The number of nitrogens with two attached hydrogens (primary N) is 1. The number of aromatic nitrogens is 2. The number of anilines is 1. The van der Waals surface area contributed by atoms with Gasteiger partial charge in [-0.1, -0.05) is 12.1 Å². The number of benzene rings is 2. The first-order valence-corrected chi connectivity index (χ1v) is 5.69. The molecule has 3 rings (SSSR count). The highest BCUT2D eigenvalue weighted by Gasteiger charge is 2.09. The van der Waals surface area contributed by atoms with Gasteiger partial charge in [0, 0.05) is 17.3 Å². The lowest BCUT2D eigenvalue weighted by molar-refractivity contribution is 0.476. The third kappa shape index (κ3) is 1.59. The number of aryl methyl sites for hydroxylation is 1. The fourth-order valence-electron chi connectivity index (χ4n) is 2.01. The van der Waals surface area contributed by atoms with E-state index in [4.69, 9.17) is 5.73 Å². The van der Waals surface area contributed by atoms with E-state index < -0.39 is 0 Å². The van der Waals surface area contributed by atoms with Crippen LogP contribution in [0.25, 0.3) is 22.4 Å². The third-order valence-corrected chi connectivity index (χ3v) is 3.04. The number of aromatic amines is 1. The Morgan fingerprint density at radius 1 is 1.22 bits per heavy atom. The SMILES string of the molecule is Cc1cccc(-c2nc3ccc(O)cc3[nH]2)c1N. The van der Waals surface area contributed by atoms with Gasteiger partial charge in [-0.25, -0.2) is 4.98 Å². The highest BCUT2D eigenvalue weighted by atomic mass is 16.3. The molecule has 0 radical (unpaired) electrons. The summed E-state index contributed by atoms with van der Waals surface area (Å²) in [5, 5.41) is 9.44. The van der Waals surface area contributed by atoms with Gasteiger partial charge in [-0.3, -0.25) is 0 Å². The van der Waals surface area contributed by atoms with E-state index in [2.05, 4.69) is 9.97 Å². The Morgan fingerprint density at radius 2 is 2.06 bits per heavy atom. The second-order valence-corrected chi connectivity index (χ2v) is 4.32. The molecule has 1 aromatic heterocycles. The number of fused-ring (bicyclic) bond motifs is 1. The van der Waals surface area contributed by atoms with Crippen molar-refractivity contribution in [2.75, 3.05) is 5.73 Å². The van der Waals surface area contributed by atoms with Gasteiger partial charge in [-0.2, -0.15) is 0 Å². The molecule has 0 unspecified atom stereocenters. The average Bonchev–Trinajstić information content (AvgIpc) is 2.75. The predicted molar refractivity (Wildman–Crippen MR) is 72.3 cm³/mol. The van der Waals surface area contributed by atoms with Crippen molar-refractivity contribution in [1.82, 2.24) is 9.97 Å². The minimum absolute atomic E-state index is 0.218. The molecule has 0 saturated heterocycles. The Bertz CT molecular complexity index is 731. The molecule has 0 saturated carbocycles. The minimum atomic E-state index is 0.218. The zero-order valence-corrected chi connectivity index (χ0v) is 9.94. The van der Waals surface area contributed by atoms with Crippen molar-refractivity contribution in [3.8, 4) is 17.1 Å². The standard InChI is InChI=1S/C14H13N3O/c1-8-3-2-4-10(13(8)15)14-16-11-6-5-9(18)7-12(11)17-14/h2-7,18H,15H2,1H3,(H,16,17). The first-order valence-electron chi connectivity index (χ1n) is 5.69. The quantitative estimate of drug-likeness (QED) is 0.571. The molecule has 4 nitrogen and oxygen atoms in total. The summed E-state index contributed by atoms with van der Waals surface area (Å²) in [6, 6.07) is 10.9. The molecule has 0 fully saturated rings. The molecule has 4 N–H and O–H groups in total. The van der Waals surface area contributed by atoms with Crippen LogP contribution in [0, 0.1) is 6.92 Å². The molecule has 0 atom stereocenters. The van der Waals surface area contributed by atoms with Crippen LogP contribution in [0.1, 0.15) is 5.56 Å². The zero-order valence-electron chi connectivity index (χ0n) is 9.94. The summed E-state index contributed by atoms with van der Waals surface area (Å²) in [7, 11) is 0. The van der Waals surface area contributed by atoms with Crippen LogP contribution in [0.15, 0.2) is 36.4 Å². The number of para-hydroxylation sites is 1. The molecule has 4 heteroatoms. The van der Waals surface area contributed by atoms with E-state index in [0.717, 1.165) is 33.7 Å². The van der Waals surface area contributed by atoms with Gasteiger partial charge in [0.05, 0.1) is 11.0 Å². The maximum atomic E-state index is 9.44. The molecular formula is C14H13N3O. The normalized spacial score (nSPS) is 10.9. The van der Waals surface area contributed by atoms with Crippen LogP contribution < -0.4 is 5.73 Å². The van der Waals surface area contributed by atoms with E-state index >= 15 is 0 Å². The number of phenols is 1. The van der Waals surface area contributed by atoms with Crippen molar-refractivity contribution < 1.29 is 5.11 Å². The van der Waals surface area contributed by atoms with Crippen LogP contribution in [0.5, 0.6) is 5.75 Å². The van der Waals surface area contributed by atoms with E-state index in [1.165, 1.54) is 0 Å². The smallest absolute Gasteiger partial charge is 0.140 e. The fourth-order valence-corrected chi connectivity index (χ4v) is 2.01. The minimum Gasteiger partial charge on any atom is -0.508 e. The Kier molecular flexibility index (Phi) is 2.23. The first kappa shape index (κ1) is 10.7. The van der Waals surface area contributed by atoms with Crippen molar-refractivity contribution in [1.29, 1.82) is 0 Å². The lowest BCUT2D eigenvalue weighted by Crippen LogP contribution is -1.94. The summed E-state index contributed by atoms with van der Waals surface area (Å²) < 4.78 is 0. The van der Waals surface area contributed by atoms with E-state index in [-0.39, 0.29) is 5.75 Å². The lowest BCUT2D eigenvalue weighted by Gasteiger charge is -2.04. The molecule has 0 amide bonds. The largest absolute Gasteiger partial charge is 0.508 e. The molecule has 3 aromatic rings. The third-order valence-electron chi connectivity index (χ3n) is 3.04. The number of hydrogen-bond donors (Lipinski definition) is 3. The predicted octanol–water partition coefficient (Wildman–Crippen LogP) is 2.83. The van der Waals surface area contributed by atoms with Crippen LogP contribution in [0.3, 0.4) is 0 Å². The molecule has 0 aliphatic heterocycles. The summed E-state index contributed by atoms with van der Waals surface area (Å²) >= 11 is 0. The summed E-state index contributed by atoms with van der Waals surface area (Å²) in [6.45, 7) is 1.97. The first-order chi connectivity index (χ1) is 8.65. The van der Waals surface area contributed by atoms with Gasteiger partial charge in [-0.15, -0.1) is 0 Å². The van der Waals surface area contributed by atoms with Crippen LogP contribution in [0.4, 0.5) is 5.69 Å². The number of hydrogen-bond acceptors (Lipinski definition) is 3. The van der Waals surface area contributed by atoms with Gasteiger partial charge in [-0.05, 0) is 30.7 Å². The summed E-state index contributed by atoms with van der Waals surface area (Å²) in [6.07, 6.45) is 0. The van der Waals surface area contributed by atoms with Crippen molar-refractivity contribution in [3.05, 3.63) is 42.0 Å². The lowest BCUT2D eigenvalue weighted by atomic mass is 10.1. The van der Waals surface area contributed by atoms with E-state index in [9.17, 15) is 5.11 Å². The zero-order chi connectivity index (χ0) is 12.7. The number of rotatable bonds is 1. The molecule has 0 aliphatic rings. The summed E-state index contributed by atoms with van der Waals surface area (Å²) in [5.74, 6) is 0.937. The monoisotopic (exact) mass is 239 g/mol. The second kappa shape index (κ2) is 3.77. The van der Waals surface area contributed by atoms with Gasteiger partial charge >= 0.3 is 0 Å². The van der Waals surface area contributed by atoms with Crippen molar-refractivity contribution >= 4 is 16.7 Å². The Balaban J connectivity index is 2.22. The average molecular weight is 239 g/mol. The molecule has 0 bridgehead atoms. The number of nitrogen functional groups attached to an aromatic ring is 1. The number of aromatic hydroxyl groups is 1. The van der Waals surface area contributed by atoms with Gasteiger partial charge in [0.15, 0.2) is 0 Å². The molecule has 0 aliphatic carbocycles. The fraction of sp³-hybridized carbons (Fsp3) is 0.0714. The van der Waals surface area contributed by atoms with Crippen molar-refractivity contribution in [2.24, 2.45) is 0 Å². The van der Waals surface area contributed by atoms with Crippen molar-refractivity contribution in [3.63, 3.8) is 0 Å². The number of phenolic OH excluding ortho intramolecular Hbond substituents is 1. The number of imidazole rings is 1. The van der Waals surface area contributed by atoms with E-state index in [0.29, 0.717) is 0 Å². The molecule has 90 valence electrons. The Labute approximate surface area is 104 Å². The van der Waals surface area contributed by atoms with Crippen molar-refractivity contribution in [2.45, 2.75) is 6.92 Å². The molecular weight excluding hydrogens is 226 g/mol. The van der Waals surface area contributed by atoms with Crippen LogP contribution >= 0.6 is 0 Å². The van der Waals surface area contributed by atoms with Gasteiger partial charge in [0.25, 0.3) is 0 Å². The maximum absolute atomic E-state index is 9.44. The highest BCUT2D eigenvalue weighted by molar-refractivity contribution is 5.84.